The van der Waals surface area contributed by atoms with Gasteiger partial charge >= 0.3 is 0 Å². The van der Waals surface area contributed by atoms with Crippen molar-refractivity contribution in [1.82, 2.24) is 4.90 Å². The minimum atomic E-state index is 0. The van der Waals surface area contributed by atoms with E-state index in [2.05, 4.69) is 19.0 Å². The Hall–Kier alpha value is 0.210. The molecule has 0 saturated carbocycles. The molecular formula is C8H18ClNO. The molecule has 0 aliphatic carbocycles. The lowest BCUT2D eigenvalue weighted by Crippen LogP contribution is -2.30. The summed E-state index contributed by atoms with van der Waals surface area (Å²) in [6, 6.07) is 0. The molecule has 1 fully saturated rings. The van der Waals surface area contributed by atoms with E-state index in [0.29, 0.717) is 6.10 Å². The van der Waals surface area contributed by atoms with Crippen LogP contribution in [0.2, 0.25) is 0 Å². The zero-order chi connectivity index (χ0) is 7.40. The van der Waals surface area contributed by atoms with Crippen LogP contribution < -0.4 is 0 Å². The molecule has 0 aromatic heterocycles. The van der Waals surface area contributed by atoms with Gasteiger partial charge < -0.3 is 9.64 Å². The standard InChI is InChI=1S/C8H17NO.ClH/c1-9(2)7-8-5-3-4-6-10-8;/h8H,3-7H2,1-2H3;1H/t8-;/m1./s1. The van der Waals surface area contributed by atoms with E-state index in [1.54, 1.807) is 0 Å². The van der Waals surface area contributed by atoms with E-state index in [-0.39, 0.29) is 12.4 Å². The van der Waals surface area contributed by atoms with Gasteiger partial charge in [-0.1, -0.05) is 0 Å². The highest BCUT2D eigenvalue weighted by molar-refractivity contribution is 5.85. The highest BCUT2D eigenvalue weighted by Crippen LogP contribution is 2.12. The SMILES string of the molecule is CN(C)C[C@H]1CCCCO1.Cl. The maximum atomic E-state index is 5.55. The fourth-order valence-corrected chi connectivity index (χ4v) is 1.36. The van der Waals surface area contributed by atoms with Gasteiger partial charge in [-0.05, 0) is 33.4 Å². The lowest BCUT2D eigenvalue weighted by atomic mass is 10.1. The summed E-state index contributed by atoms with van der Waals surface area (Å²) < 4.78 is 5.55. The highest BCUT2D eigenvalue weighted by Gasteiger charge is 2.13. The molecule has 3 heteroatoms. The molecule has 1 atom stereocenters. The normalized spacial score (nSPS) is 24.8. The maximum absolute atomic E-state index is 5.55. The van der Waals surface area contributed by atoms with E-state index >= 15 is 0 Å². The van der Waals surface area contributed by atoms with Gasteiger partial charge in [-0.15, -0.1) is 12.4 Å². The number of likely N-dealkylation sites (N-methyl/N-ethyl adjacent to an activating group) is 1. The number of rotatable bonds is 2. The van der Waals surface area contributed by atoms with Gasteiger partial charge in [0.25, 0.3) is 0 Å². The average Bonchev–Trinajstić information content (AvgIpc) is 1.88. The smallest absolute Gasteiger partial charge is 0.0701 e. The largest absolute Gasteiger partial charge is 0.377 e. The topological polar surface area (TPSA) is 12.5 Å². The molecule has 0 aromatic rings. The fraction of sp³-hybridized carbons (Fsp3) is 1.00. The number of halogens is 1. The predicted octanol–water partition coefficient (Wildman–Crippen LogP) is 1.54. The quantitative estimate of drug-likeness (QED) is 0.638. The third-order valence-electron chi connectivity index (χ3n) is 1.84. The van der Waals surface area contributed by atoms with Crippen LogP contribution in [-0.4, -0.2) is 38.3 Å². The van der Waals surface area contributed by atoms with Crippen LogP contribution in [-0.2, 0) is 4.74 Å². The number of hydrogen-bond donors (Lipinski definition) is 0. The number of ether oxygens (including phenoxy) is 1. The Kier molecular flexibility index (Phi) is 5.92. The molecule has 0 N–H and O–H groups in total. The lowest BCUT2D eigenvalue weighted by molar-refractivity contribution is 0.00219. The summed E-state index contributed by atoms with van der Waals surface area (Å²) in [6.07, 6.45) is 4.35. The van der Waals surface area contributed by atoms with Crippen LogP contribution >= 0.6 is 12.4 Å². The molecule has 0 amide bonds. The first kappa shape index (κ1) is 11.2. The Bertz CT molecular complexity index is 92.1. The predicted molar refractivity (Wildman–Crippen MR) is 49.4 cm³/mol. The molecule has 1 saturated heterocycles. The van der Waals surface area contributed by atoms with E-state index in [9.17, 15) is 0 Å². The zero-order valence-electron chi connectivity index (χ0n) is 7.38. The molecule has 1 aliphatic heterocycles. The second kappa shape index (κ2) is 5.81. The van der Waals surface area contributed by atoms with Crippen molar-refractivity contribution < 1.29 is 4.74 Å². The minimum absolute atomic E-state index is 0. The maximum Gasteiger partial charge on any atom is 0.0701 e. The summed E-state index contributed by atoms with van der Waals surface area (Å²) in [5.74, 6) is 0. The van der Waals surface area contributed by atoms with Crippen LogP contribution in [0.25, 0.3) is 0 Å². The van der Waals surface area contributed by atoms with E-state index in [4.69, 9.17) is 4.74 Å². The van der Waals surface area contributed by atoms with Gasteiger partial charge in [0.15, 0.2) is 0 Å². The Morgan fingerprint density at radius 2 is 2.09 bits per heavy atom. The second-order valence-corrected chi connectivity index (χ2v) is 3.25. The van der Waals surface area contributed by atoms with Gasteiger partial charge in [0.1, 0.15) is 0 Å². The van der Waals surface area contributed by atoms with E-state index < -0.39 is 0 Å². The summed E-state index contributed by atoms with van der Waals surface area (Å²) >= 11 is 0. The zero-order valence-corrected chi connectivity index (χ0v) is 8.19. The molecule has 1 rings (SSSR count). The van der Waals surface area contributed by atoms with Crippen LogP contribution in [0.1, 0.15) is 19.3 Å². The molecule has 1 heterocycles. The van der Waals surface area contributed by atoms with Gasteiger partial charge in [0, 0.05) is 13.2 Å². The van der Waals surface area contributed by atoms with Gasteiger partial charge in [0.05, 0.1) is 6.10 Å². The Labute approximate surface area is 75.3 Å². The van der Waals surface area contributed by atoms with Gasteiger partial charge in [-0.3, -0.25) is 0 Å². The summed E-state index contributed by atoms with van der Waals surface area (Å²) in [4.78, 5) is 2.19. The molecule has 1 aliphatic rings. The number of hydrogen-bond acceptors (Lipinski definition) is 2. The van der Waals surface area contributed by atoms with E-state index in [1.807, 2.05) is 0 Å². The van der Waals surface area contributed by atoms with E-state index in [1.165, 1.54) is 19.3 Å². The van der Waals surface area contributed by atoms with Crippen LogP contribution in [0.15, 0.2) is 0 Å². The van der Waals surface area contributed by atoms with Gasteiger partial charge in [0.2, 0.25) is 0 Å². The highest BCUT2D eigenvalue weighted by atomic mass is 35.5. The van der Waals surface area contributed by atoms with Crippen molar-refractivity contribution >= 4 is 12.4 Å². The minimum Gasteiger partial charge on any atom is -0.377 e. The Balaban J connectivity index is 0.000001000. The van der Waals surface area contributed by atoms with Crippen LogP contribution in [0, 0.1) is 0 Å². The second-order valence-electron chi connectivity index (χ2n) is 3.25. The van der Waals surface area contributed by atoms with Gasteiger partial charge in [-0.2, -0.15) is 0 Å². The molecule has 2 nitrogen and oxygen atoms in total. The lowest BCUT2D eigenvalue weighted by Gasteiger charge is -2.25. The first-order valence-electron chi connectivity index (χ1n) is 4.05. The van der Waals surface area contributed by atoms with Crippen LogP contribution in [0.3, 0.4) is 0 Å². The molecule has 0 aromatic carbocycles. The molecular weight excluding hydrogens is 162 g/mol. The van der Waals surface area contributed by atoms with E-state index in [0.717, 1.165) is 13.2 Å². The summed E-state index contributed by atoms with van der Waals surface area (Å²) in [7, 11) is 4.19. The third kappa shape index (κ3) is 4.62. The fourth-order valence-electron chi connectivity index (χ4n) is 1.36. The van der Waals surface area contributed by atoms with Crippen molar-refractivity contribution in [2.45, 2.75) is 25.4 Å². The van der Waals surface area contributed by atoms with Crippen LogP contribution in [0.4, 0.5) is 0 Å². The van der Waals surface area contributed by atoms with Crippen molar-refractivity contribution in [3.8, 4) is 0 Å². The molecule has 11 heavy (non-hydrogen) atoms. The molecule has 68 valence electrons. The van der Waals surface area contributed by atoms with Crippen molar-refractivity contribution in [1.29, 1.82) is 0 Å². The van der Waals surface area contributed by atoms with Gasteiger partial charge in [-0.25, -0.2) is 0 Å². The van der Waals surface area contributed by atoms with Crippen molar-refractivity contribution in [3.63, 3.8) is 0 Å². The Morgan fingerprint density at radius 3 is 2.55 bits per heavy atom. The summed E-state index contributed by atoms with van der Waals surface area (Å²) in [6.45, 7) is 2.05. The molecule has 0 bridgehead atoms. The molecule has 0 radical (unpaired) electrons. The first-order valence-corrected chi connectivity index (χ1v) is 4.05. The molecule has 0 unspecified atom stereocenters. The first-order chi connectivity index (χ1) is 4.79. The van der Waals surface area contributed by atoms with Crippen molar-refractivity contribution in [2.24, 2.45) is 0 Å². The van der Waals surface area contributed by atoms with Crippen molar-refractivity contribution in [2.75, 3.05) is 27.2 Å². The average molecular weight is 180 g/mol. The van der Waals surface area contributed by atoms with Crippen LogP contribution in [0.5, 0.6) is 0 Å². The molecule has 0 spiro atoms. The summed E-state index contributed by atoms with van der Waals surface area (Å²) in [5, 5.41) is 0. The van der Waals surface area contributed by atoms with Crippen molar-refractivity contribution in [3.05, 3.63) is 0 Å². The summed E-state index contributed by atoms with van der Waals surface area (Å²) in [5.41, 5.74) is 0. The Morgan fingerprint density at radius 1 is 1.36 bits per heavy atom. The number of nitrogens with zero attached hydrogens (tertiary/aromatic N) is 1. The monoisotopic (exact) mass is 179 g/mol. The third-order valence-corrected chi connectivity index (χ3v) is 1.84.